The lowest BCUT2D eigenvalue weighted by Gasteiger charge is -2.19. The van der Waals surface area contributed by atoms with Crippen molar-refractivity contribution in [2.24, 2.45) is 0 Å². The van der Waals surface area contributed by atoms with E-state index in [2.05, 4.69) is 20.6 Å². The average molecular weight is 234 g/mol. The van der Waals surface area contributed by atoms with Crippen LogP contribution in [0.3, 0.4) is 0 Å². The fraction of sp³-hybridized carbons (Fsp3) is 0.545. The Kier molecular flexibility index (Phi) is 2.64. The largest absolute Gasteiger partial charge is 0.361 e. The molecule has 17 heavy (non-hydrogen) atoms. The van der Waals surface area contributed by atoms with Crippen molar-refractivity contribution in [1.82, 2.24) is 20.6 Å². The van der Waals surface area contributed by atoms with Crippen LogP contribution in [0.5, 0.6) is 0 Å². The van der Waals surface area contributed by atoms with E-state index >= 15 is 0 Å². The SMILES string of the molecule is Cc1cc(-c2nc(C3CCCCN3)no2)no1. The summed E-state index contributed by atoms with van der Waals surface area (Å²) in [5, 5.41) is 11.2. The molecular formula is C11H14N4O2. The fourth-order valence-corrected chi connectivity index (χ4v) is 2.02. The van der Waals surface area contributed by atoms with Gasteiger partial charge in [-0.2, -0.15) is 4.98 Å². The van der Waals surface area contributed by atoms with Crippen LogP contribution in [0.15, 0.2) is 15.1 Å². The van der Waals surface area contributed by atoms with Crippen molar-refractivity contribution in [1.29, 1.82) is 0 Å². The number of rotatable bonds is 2. The third-order valence-corrected chi connectivity index (χ3v) is 2.91. The van der Waals surface area contributed by atoms with E-state index in [4.69, 9.17) is 9.05 Å². The van der Waals surface area contributed by atoms with E-state index < -0.39 is 0 Å². The van der Waals surface area contributed by atoms with Crippen LogP contribution in [0.4, 0.5) is 0 Å². The first-order valence-corrected chi connectivity index (χ1v) is 5.83. The molecule has 3 heterocycles. The second-order valence-electron chi connectivity index (χ2n) is 4.28. The highest BCUT2D eigenvalue weighted by atomic mass is 16.5. The minimum Gasteiger partial charge on any atom is -0.361 e. The Hall–Kier alpha value is -1.69. The molecule has 2 aromatic heterocycles. The van der Waals surface area contributed by atoms with Crippen molar-refractivity contribution in [3.63, 3.8) is 0 Å². The van der Waals surface area contributed by atoms with Gasteiger partial charge in [0.05, 0.1) is 6.04 Å². The van der Waals surface area contributed by atoms with Gasteiger partial charge in [-0.15, -0.1) is 0 Å². The van der Waals surface area contributed by atoms with Gasteiger partial charge in [0.1, 0.15) is 5.76 Å². The molecule has 90 valence electrons. The number of nitrogens with one attached hydrogen (secondary N) is 1. The highest BCUT2D eigenvalue weighted by Gasteiger charge is 2.21. The summed E-state index contributed by atoms with van der Waals surface area (Å²) < 4.78 is 10.2. The molecule has 2 aromatic rings. The Morgan fingerprint density at radius 3 is 2.94 bits per heavy atom. The first kappa shape index (κ1) is 10.5. The summed E-state index contributed by atoms with van der Waals surface area (Å²) in [6.45, 7) is 2.84. The summed E-state index contributed by atoms with van der Waals surface area (Å²) in [4.78, 5) is 4.35. The lowest BCUT2D eigenvalue weighted by atomic mass is 10.0. The number of piperidine rings is 1. The molecule has 1 unspecified atom stereocenters. The Balaban J connectivity index is 1.82. The number of aromatic nitrogens is 3. The van der Waals surface area contributed by atoms with Crippen molar-refractivity contribution in [2.75, 3.05) is 6.54 Å². The Bertz CT molecular complexity index is 499. The second-order valence-corrected chi connectivity index (χ2v) is 4.28. The Labute approximate surface area is 98.4 Å². The molecule has 0 amide bonds. The molecule has 1 fully saturated rings. The standard InChI is InChI=1S/C11H14N4O2/c1-7-6-9(14-16-7)11-13-10(15-17-11)8-4-2-3-5-12-8/h6,8,12H,2-5H2,1H3. The molecule has 1 N–H and O–H groups in total. The summed E-state index contributed by atoms with van der Waals surface area (Å²) in [6.07, 6.45) is 3.46. The van der Waals surface area contributed by atoms with Gasteiger partial charge in [0.2, 0.25) is 0 Å². The number of hydrogen-bond donors (Lipinski definition) is 1. The first-order chi connectivity index (χ1) is 8.33. The van der Waals surface area contributed by atoms with Crippen LogP contribution in [-0.4, -0.2) is 21.8 Å². The summed E-state index contributed by atoms with van der Waals surface area (Å²) >= 11 is 0. The van der Waals surface area contributed by atoms with Crippen molar-refractivity contribution < 1.29 is 9.05 Å². The normalized spacial score (nSPS) is 20.6. The Morgan fingerprint density at radius 2 is 2.24 bits per heavy atom. The molecule has 6 nitrogen and oxygen atoms in total. The predicted molar refractivity (Wildman–Crippen MR) is 59.1 cm³/mol. The maximum Gasteiger partial charge on any atom is 0.280 e. The maximum atomic E-state index is 5.19. The van der Waals surface area contributed by atoms with Crippen LogP contribution < -0.4 is 5.32 Å². The molecule has 1 aliphatic heterocycles. The van der Waals surface area contributed by atoms with E-state index in [1.165, 1.54) is 12.8 Å². The van der Waals surface area contributed by atoms with E-state index in [0.29, 0.717) is 17.4 Å². The first-order valence-electron chi connectivity index (χ1n) is 5.83. The van der Waals surface area contributed by atoms with Gasteiger partial charge in [-0.05, 0) is 26.3 Å². The second kappa shape index (κ2) is 4.29. The zero-order chi connectivity index (χ0) is 11.7. The smallest absolute Gasteiger partial charge is 0.280 e. The van der Waals surface area contributed by atoms with Crippen LogP contribution in [0.25, 0.3) is 11.6 Å². The number of hydrogen-bond acceptors (Lipinski definition) is 6. The van der Waals surface area contributed by atoms with Gasteiger partial charge < -0.3 is 14.4 Å². The fourth-order valence-electron chi connectivity index (χ4n) is 2.02. The van der Waals surface area contributed by atoms with Gasteiger partial charge in [-0.1, -0.05) is 16.7 Å². The molecular weight excluding hydrogens is 220 g/mol. The van der Waals surface area contributed by atoms with Crippen LogP contribution in [-0.2, 0) is 0 Å². The van der Waals surface area contributed by atoms with Gasteiger partial charge in [0.25, 0.3) is 5.89 Å². The quantitative estimate of drug-likeness (QED) is 0.854. The molecule has 1 aliphatic rings. The van der Waals surface area contributed by atoms with Crippen molar-refractivity contribution in [3.05, 3.63) is 17.7 Å². The summed E-state index contributed by atoms with van der Waals surface area (Å²) in [5.74, 6) is 1.86. The molecule has 0 spiro atoms. The van der Waals surface area contributed by atoms with E-state index in [0.717, 1.165) is 18.7 Å². The molecule has 0 aromatic carbocycles. The molecule has 6 heteroatoms. The third-order valence-electron chi connectivity index (χ3n) is 2.91. The molecule has 0 radical (unpaired) electrons. The average Bonchev–Trinajstić information content (AvgIpc) is 2.98. The highest BCUT2D eigenvalue weighted by molar-refractivity contribution is 5.45. The van der Waals surface area contributed by atoms with E-state index in [1.54, 1.807) is 6.07 Å². The summed E-state index contributed by atoms with van der Waals surface area (Å²) in [5.41, 5.74) is 0.594. The van der Waals surface area contributed by atoms with Crippen LogP contribution in [0.1, 0.15) is 36.9 Å². The summed E-state index contributed by atoms with van der Waals surface area (Å²) in [6, 6.07) is 1.99. The monoisotopic (exact) mass is 234 g/mol. The van der Waals surface area contributed by atoms with E-state index in [9.17, 15) is 0 Å². The predicted octanol–water partition coefficient (Wildman–Crippen LogP) is 1.85. The van der Waals surface area contributed by atoms with Gasteiger partial charge in [0, 0.05) is 6.07 Å². The van der Waals surface area contributed by atoms with E-state index in [-0.39, 0.29) is 6.04 Å². The van der Waals surface area contributed by atoms with Crippen LogP contribution in [0, 0.1) is 6.92 Å². The minimum atomic E-state index is 0.203. The maximum absolute atomic E-state index is 5.19. The lowest BCUT2D eigenvalue weighted by Crippen LogP contribution is -2.27. The number of aryl methyl sites for hydroxylation is 1. The van der Waals surface area contributed by atoms with Gasteiger partial charge in [0.15, 0.2) is 11.5 Å². The van der Waals surface area contributed by atoms with Crippen LogP contribution >= 0.6 is 0 Å². The molecule has 3 rings (SSSR count). The lowest BCUT2D eigenvalue weighted by molar-refractivity contribution is 0.364. The van der Waals surface area contributed by atoms with Crippen LogP contribution in [0.2, 0.25) is 0 Å². The number of nitrogens with zero attached hydrogens (tertiary/aromatic N) is 3. The minimum absolute atomic E-state index is 0.203. The third kappa shape index (κ3) is 2.08. The zero-order valence-corrected chi connectivity index (χ0v) is 9.64. The zero-order valence-electron chi connectivity index (χ0n) is 9.64. The molecule has 1 saturated heterocycles. The Morgan fingerprint density at radius 1 is 1.29 bits per heavy atom. The van der Waals surface area contributed by atoms with Crippen molar-refractivity contribution in [2.45, 2.75) is 32.2 Å². The molecule has 0 aliphatic carbocycles. The van der Waals surface area contributed by atoms with Gasteiger partial charge >= 0.3 is 0 Å². The topological polar surface area (TPSA) is 77.0 Å². The molecule has 1 atom stereocenters. The van der Waals surface area contributed by atoms with Crippen molar-refractivity contribution >= 4 is 0 Å². The summed E-state index contributed by atoms with van der Waals surface area (Å²) in [7, 11) is 0. The van der Waals surface area contributed by atoms with Crippen molar-refractivity contribution in [3.8, 4) is 11.6 Å². The highest BCUT2D eigenvalue weighted by Crippen LogP contribution is 2.23. The molecule has 0 bridgehead atoms. The van der Waals surface area contributed by atoms with Gasteiger partial charge in [-0.3, -0.25) is 0 Å². The van der Waals surface area contributed by atoms with Gasteiger partial charge in [-0.25, -0.2) is 0 Å². The molecule has 0 saturated carbocycles. The van der Waals surface area contributed by atoms with E-state index in [1.807, 2.05) is 6.92 Å².